The highest BCUT2D eigenvalue weighted by Gasteiger charge is 2.08. The molecule has 21 heavy (non-hydrogen) atoms. The van der Waals surface area contributed by atoms with Crippen molar-refractivity contribution in [3.63, 3.8) is 0 Å². The molecule has 2 amide bonds. The average molecular weight is 296 g/mol. The van der Waals surface area contributed by atoms with E-state index >= 15 is 0 Å². The molecule has 0 aromatic heterocycles. The number of hydrogen-bond acceptors (Lipinski definition) is 4. The maximum absolute atomic E-state index is 11.3. The van der Waals surface area contributed by atoms with Crippen molar-refractivity contribution in [2.24, 2.45) is 0 Å². The summed E-state index contributed by atoms with van der Waals surface area (Å²) in [7, 11) is 0. The number of aliphatic hydroxyl groups excluding tert-OH is 1. The molecule has 4 N–H and O–H groups in total. The largest absolute Gasteiger partial charge is 0.491 e. The lowest BCUT2D eigenvalue weighted by molar-refractivity contribution is -0.136. The number of carbonyl (C=O) groups is 2. The first-order chi connectivity index (χ1) is 9.97. The fourth-order valence-corrected chi connectivity index (χ4v) is 1.51. The molecule has 0 aliphatic carbocycles. The topological polar surface area (TPSA) is 108 Å². The minimum atomic E-state index is -0.984. The Bertz CT molecular complexity index is 478. The smallest absolute Gasteiger partial charge is 0.314 e. The molecule has 116 valence electrons. The molecule has 0 aliphatic rings. The number of nitrogens with one attached hydrogen (secondary N) is 2. The Kier molecular flexibility index (Phi) is 7.03. The van der Waals surface area contributed by atoms with E-state index in [1.807, 2.05) is 25.1 Å². The second-order valence-electron chi connectivity index (χ2n) is 4.56. The molecule has 0 saturated carbocycles. The van der Waals surface area contributed by atoms with Gasteiger partial charge in [-0.1, -0.05) is 12.1 Å². The minimum Gasteiger partial charge on any atom is -0.491 e. The zero-order valence-electron chi connectivity index (χ0n) is 11.8. The van der Waals surface area contributed by atoms with E-state index in [1.54, 1.807) is 6.07 Å². The molecular formula is C14H20N2O5. The van der Waals surface area contributed by atoms with Gasteiger partial charge in [0.05, 0.1) is 6.42 Å². The van der Waals surface area contributed by atoms with Crippen molar-refractivity contribution in [3.8, 4) is 5.75 Å². The van der Waals surface area contributed by atoms with Crippen LogP contribution in [0.5, 0.6) is 5.75 Å². The quantitative estimate of drug-likeness (QED) is 0.559. The third-order valence-electron chi connectivity index (χ3n) is 2.55. The van der Waals surface area contributed by atoms with Crippen molar-refractivity contribution in [2.45, 2.75) is 19.4 Å². The van der Waals surface area contributed by atoms with Crippen LogP contribution in [0.1, 0.15) is 12.0 Å². The number of amides is 2. The fraction of sp³-hybridized carbons (Fsp3) is 0.429. The van der Waals surface area contributed by atoms with Gasteiger partial charge in [-0.15, -0.1) is 0 Å². The Hall–Kier alpha value is -2.28. The first kappa shape index (κ1) is 16.8. The van der Waals surface area contributed by atoms with E-state index in [9.17, 15) is 14.7 Å². The lowest BCUT2D eigenvalue weighted by Gasteiger charge is -2.14. The summed E-state index contributed by atoms with van der Waals surface area (Å²) in [4.78, 5) is 21.5. The third kappa shape index (κ3) is 7.78. The van der Waals surface area contributed by atoms with Crippen LogP contribution in [0.4, 0.5) is 4.79 Å². The van der Waals surface area contributed by atoms with Crippen LogP contribution in [0.2, 0.25) is 0 Å². The number of aliphatic hydroxyl groups is 1. The van der Waals surface area contributed by atoms with Crippen molar-refractivity contribution in [3.05, 3.63) is 29.8 Å². The second kappa shape index (κ2) is 8.80. The molecule has 0 fully saturated rings. The van der Waals surface area contributed by atoms with Gasteiger partial charge in [0.25, 0.3) is 0 Å². The van der Waals surface area contributed by atoms with Gasteiger partial charge in [0.2, 0.25) is 0 Å². The Labute approximate surface area is 122 Å². The van der Waals surface area contributed by atoms with E-state index in [4.69, 9.17) is 9.84 Å². The summed E-state index contributed by atoms with van der Waals surface area (Å²) in [5.41, 5.74) is 1.05. The number of ether oxygens (including phenoxy) is 1. The predicted octanol–water partition coefficient (Wildman–Crippen LogP) is 0.509. The van der Waals surface area contributed by atoms with E-state index < -0.39 is 18.1 Å². The van der Waals surface area contributed by atoms with Crippen molar-refractivity contribution >= 4 is 12.0 Å². The fourth-order valence-electron chi connectivity index (χ4n) is 1.51. The molecule has 7 heteroatoms. The second-order valence-corrected chi connectivity index (χ2v) is 4.56. The molecule has 1 rings (SSSR count). The Morgan fingerprint density at radius 2 is 2.10 bits per heavy atom. The molecule has 1 atom stereocenters. The van der Waals surface area contributed by atoms with Gasteiger partial charge in [-0.05, 0) is 24.6 Å². The monoisotopic (exact) mass is 296 g/mol. The van der Waals surface area contributed by atoms with Crippen molar-refractivity contribution < 1.29 is 24.5 Å². The van der Waals surface area contributed by atoms with Crippen LogP contribution in [0.25, 0.3) is 0 Å². The van der Waals surface area contributed by atoms with Crippen LogP contribution in [0.3, 0.4) is 0 Å². The Morgan fingerprint density at radius 3 is 2.76 bits per heavy atom. The van der Waals surface area contributed by atoms with Gasteiger partial charge in [0.15, 0.2) is 0 Å². The van der Waals surface area contributed by atoms with Crippen LogP contribution < -0.4 is 15.4 Å². The zero-order chi connectivity index (χ0) is 15.7. The summed E-state index contributed by atoms with van der Waals surface area (Å²) in [6.07, 6.45) is -0.998. The van der Waals surface area contributed by atoms with Crippen LogP contribution in [0.15, 0.2) is 24.3 Å². The maximum Gasteiger partial charge on any atom is 0.314 e. The highest BCUT2D eigenvalue weighted by atomic mass is 16.5. The Balaban J connectivity index is 2.17. The number of aryl methyl sites for hydroxylation is 1. The number of rotatable bonds is 8. The Morgan fingerprint density at radius 1 is 1.33 bits per heavy atom. The van der Waals surface area contributed by atoms with Gasteiger partial charge >= 0.3 is 12.0 Å². The first-order valence-electron chi connectivity index (χ1n) is 6.58. The van der Waals surface area contributed by atoms with Crippen LogP contribution in [-0.2, 0) is 4.79 Å². The minimum absolute atomic E-state index is 0.0186. The summed E-state index contributed by atoms with van der Waals surface area (Å²) in [6.45, 7) is 2.05. The number of carbonyl (C=O) groups excluding carboxylic acids is 1. The standard InChI is InChI=1S/C14H20N2O5/c1-10-3-2-4-12(7-10)21-9-11(17)8-16-14(20)15-6-5-13(18)19/h2-4,7,11,17H,5-6,8-9H2,1H3,(H,18,19)(H2,15,16,20). The van der Waals surface area contributed by atoms with Crippen LogP contribution in [0, 0.1) is 6.92 Å². The van der Waals surface area contributed by atoms with Crippen LogP contribution >= 0.6 is 0 Å². The molecule has 0 saturated heterocycles. The van der Waals surface area contributed by atoms with Gasteiger partial charge in [0.1, 0.15) is 18.5 Å². The molecule has 0 bridgehead atoms. The normalized spacial score (nSPS) is 11.5. The molecule has 7 nitrogen and oxygen atoms in total. The van der Waals surface area contributed by atoms with Gasteiger partial charge < -0.3 is 25.6 Å². The van der Waals surface area contributed by atoms with E-state index in [2.05, 4.69) is 10.6 Å². The molecule has 0 aliphatic heterocycles. The van der Waals surface area contributed by atoms with E-state index in [-0.39, 0.29) is 26.1 Å². The molecule has 0 heterocycles. The molecule has 1 unspecified atom stereocenters. The van der Waals surface area contributed by atoms with Gasteiger partial charge in [-0.3, -0.25) is 4.79 Å². The van der Waals surface area contributed by atoms with Crippen LogP contribution in [-0.4, -0.2) is 48.0 Å². The number of carboxylic acid groups (broad SMARTS) is 1. The predicted molar refractivity (Wildman–Crippen MR) is 76.3 cm³/mol. The lowest BCUT2D eigenvalue weighted by Crippen LogP contribution is -2.41. The summed E-state index contributed by atoms with van der Waals surface area (Å²) in [5.74, 6) is -0.332. The first-order valence-corrected chi connectivity index (χ1v) is 6.58. The van der Waals surface area contributed by atoms with Gasteiger partial charge in [0, 0.05) is 13.1 Å². The third-order valence-corrected chi connectivity index (χ3v) is 2.55. The molecule has 1 aromatic carbocycles. The highest BCUT2D eigenvalue weighted by molar-refractivity contribution is 5.74. The molecule has 0 spiro atoms. The van der Waals surface area contributed by atoms with Crippen molar-refractivity contribution in [1.82, 2.24) is 10.6 Å². The maximum atomic E-state index is 11.3. The number of benzene rings is 1. The van der Waals surface area contributed by atoms with E-state index in [0.29, 0.717) is 5.75 Å². The molecule has 1 aromatic rings. The summed E-state index contributed by atoms with van der Waals surface area (Å²) in [5, 5.41) is 22.9. The number of hydrogen-bond donors (Lipinski definition) is 4. The number of urea groups is 1. The average Bonchev–Trinajstić information content (AvgIpc) is 2.42. The number of aliphatic carboxylic acids is 1. The van der Waals surface area contributed by atoms with Crippen molar-refractivity contribution in [2.75, 3.05) is 19.7 Å². The van der Waals surface area contributed by atoms with Gasteiger partial charge in [-0.2, -0.15) is 0 Å². The van der Waals surface area contributed by atoms with Gasteiger partial charge in [-0.25, -0.2) is 4.79 Å². The molecular weight excluding hydrogens is 276 g/mol. The zero-order valence-corrected chi connectivity index (χ0v) is 11.8. The number of carboxylic acids is 1. The van der Waals surface area contributed by atoms with Crippen molar-refractivity contribution in [1.29, 1.82) is 0 Å². The summed E-state index contributed by atoms with van der Waals surface area (Å²) in [6, 6.07) is 6.90. The summed E-state index contributed by atoms with van der Waals surface area (Å²) < 4.78 is 5.39. The lowest BCUT2D eigenvalue weighted by atomic mass is 10.2. The van der Waals surface area contributed by atoms with E-state index in [1.165, 1.54) is 0 Å². The highest BCUT2D eigenvalue weighted by Crippen LogP contribution is 2.12. The summed E-state index contributed by atoms with van der Waals surface area (Å²) >= 11 is 0. The van der Waals surface area contributed by atoms with E-state index in [0.717, 1.165) is 5.56 Å². The molecule has 0 radical (unpaired) electrons. The SMILES string of the molecule is Cc1cccc(OCC(O)CNC(=O)NCCC(=O)O)c1.